The van der Waals surface area contributed by atoms with Crippen molar-refractivity contribution < 1.29 is 129 Å². The number of amides is 2. The minimum atomic E-state index is -1.99. The lowest BCUT2D eigenvalue weighted by Gasteiger charge is -2.43. The SMILES string of the molecule is COc1cc(N=Nc2ccc([N+](=O)[O-])cc2)ccc1N=Nc1ccc(OC(C(=O)NC[C@H]2O[C@@H](O[C@@H]([C@@H]3OC(C)(C)O[C@H]3C(OC)OC)[C@H]3COC(C)(C)O3)[C@H](O)[C@H]3OC(C)(C)O[C@H]32)C(=O)NC[C@H]2O[C@@H](O[C@@H]([C@@H]3OC(C)(C)O[C@H]3C(OC)OC)[C@H]3COC(C)(C)O3)[C@H](O)[C@H]3OC(C)(C)O[C@H]32)cc1. The second-order valence-corrected chi connectivity index (χ2v) is 28.5. The summed E-state index contributed by atoms with van der Waals surface area (Å²) in [6.07, 6.45) is -24.1. The minimum Gasteiger partial charge on any atom is -0.494 e. The van der Waals surface area contributed by atoms with Crippen LogP contribution in [0.5, 0.6) is 11.5 Å². The molecule has 4 N–H and O–H groups in total. The molecule has 0 unspecified atom stereocenters. The first-order chi connectivity index (χ1) is 48.6. The van der Waals surface area contributed by atoms with Gasteiger partial charge in [0, 0.05) is 59.7 Å². The number of nitro groups is 1. The predicted molar refractivity (Wildman–Crippen MR) is 351 cm³/mol. The van der Waals surface area contributed by atoms with E-state index >= 15 is 9.59 Å². The van der Waals surface area contributed by atoms with E-state index in [0.29, 0.717) is 28.5 Å². The van der Waals surface area contributed by atoms with Crippen molar-refractivity contribution in [2.75, 3.05) is 61.9 Å². The summed E-state index contributed by atoms with van der Waals surface area (Å²) in [5, 5.41) is 58.3. The number of nitrogens with zero attached hydrogens (tertiary/aromatic N) is 5. The summed E-state index contributed by atoms with van der Waals surface area (Å²) < 4.78 is 137. The van der Waals surface area contributed by atoms with Gasteiger partial charge in [-0.15, -0.1) is 5.11 Å². The fraction of sp³-hybridized carbons (Fsp3) is 0.706. The van der Waals surface area contributed by atoms with Gasteiger partial charge in [-0.05, 0) is 132 Å². The monoisotopic (exact) mass is 1460 g/mol. The summed E-state index contributed by atoms with van der Waals surface area (Å²) in [4.78, 5) is 40.8. The topological polar surface area (TPSA) is 394 Å². The Bertz CT molecular complexity index is 3330. The van der Waals surface area contributed by atoms with E-state index in [1.54, 1.807) is 101 Å². The van der Waals surface area contributed by atoms with E-state index in [2.05, 4.69) is 31.1 Å². The Morgan fingerprint density at radius 3 is 1.31 bits per heavy atom. The molecule has 570 valence electrons. The summed E-state index contributed by atoms with van der Waals surface area (Å²) in [5.74, 6) is -8.64. The quantitative estimate of drug-likeness (QED) is 0.0213. The zero-order valence-corrected chi connectivity index (χ0v) is 60.5. The molecular weight excluding hydrogens is 1360 g/mol. The zero-order valence-electron chi connectivity index (χ0n) is 60.5. The van der Waals surface area contributed by atoms with E-state index in [1.165, 1.54) is 84.1 Å². The van der Waals surface area contributed by atoms with Gasteiger partial charge in [-0.25, -0.2) is 0 Å². The molecule has 8 aliphatic heterocycles. The van der Waals surface area contributed by atoms with Gasteiger partial charge >= 0.3 is 0 Å². The number of methoxy groups -OCH3 is 5. The van der Waals surface area contributed by atoms with Crippen LogP contribution < -0.4 is 20.1 Å². The number of benzene rings is 3. The van der Waals surface area contributed by atoms with Crippen molar-refractivity contribution in [3.63, 3.8) is 0 Å². The number of azo groups is 2. The van der Waals surface area contributed by atoms with Crippen LogP contribution in [0.4, 0.5) is 28.4 Å². The third-order valence-electron chi connectivity index (χ3n) is 18.0. The van der Waals surface area contributed by atoms with Gasteiger partial charge < -0.3 is 125 Å². The average molecular weight is 1460 g/mol. The number of rotatable bonds is 28. The van der Waals surface area contributed by atoms with E-state index < -0.39 is 180 Å². The van der Waals surface area contributed by atoms with Crippen LogP contribution in [-0.2, 0) is 104 Å². The number of nitro benzene ring substituents is 1. The fourth-order valence-electron chi connectivity index (χ4n) is 13.6. The van der Waals surface area contributed by atoms with Crippen LogP contribution in [0.3, 0.4) is 0 Å². The Hall–Kier alpha value is -6.08. The van der Waals surface area contributed by atoms with Crippen molar-refractivity contribution in [2.45, 2.75) is 247 Å². The molecule has 0 saturated carbocycles. The van der Waals surface area contributed by atoms with E-state index in [0.717, 1.165) is 0 Å². The summed E-state index contributed by atoms with van der Waals surface area (Å²) in [6.45, 7) is 19.8. The van der Waals surface area contributed by atoms with Gasteiger partial charge in [0.05, 0.1) is 42.3 Å². The molecule has 35 heteroatoms. The number of carbonyl (C=O) groups excluding carboxylic acids is 2. The van der Waals surface area contributed by atoms with Crippen LogP contribution in [0.25, 0.3) is 0 Å². The lowest BCUT2D eigenvalue weighted by Crippen LogP contribution is -2.63. The molecule has 3 aromatic carbocycles. The first kappa shape index (κ1) is 78.0. The molecule has 8 heterocycles. The normalized spacial score (nSPS) is 33.0. The van der Waals surface area contributed by atoms with Crippen LogP contribution in [0.2, 0.25) is 0 Å². The van der Waals surface area contributed by atoms with Crippen LogP contribution in [0.1, 0.15) is 83.1 Å². The van der Waals surface area contributed by atoms with E-state index in [-0.39, 0.29) is 37.7 Å². The maximum absolute atomic E-state index is 15.1. The van der Waals surface area contributed by atoms with Crippen molar-refractivity contribution in [3.8, 4) is 11.5 Å². The highest BCUT2D eigenvalue weighted by molar-refractivity contribution is 6.03. The fourth-order valence-corrected chi connectivity index (χ4v) is 13.6. The van der Waals surface area contributed by atoms with E-state index in [9.17, 15) is 20.3 Å². The van der Waals surface area contributed by atoms with Crippen LogP contribution in [0.15, 0.2) is 87.2 Å². The predicted octanol–water partition coefficient (Wildman–Crippen LogP) is 5.98. The Labute approximate surface area is 595 Å². The Morgan fingerprint density at radius 1 is 0.515 bits per heavy atom. The molecule has 8 aliphatic rings. The number of carbonyl (C=O) groups is 2. The molecule has 0 radical (unpaired) electrons. The summed E-state index contributed by atoms with van der Waals surface area (Å²) in [7, 11) is 7.26. The van der Waals surface area contributed by atoms with Gasteiger partial charge in [-0.3, -0.25) is 19.7 Å². The van der Waals surface area contributed by atoms with Crippen molar-refractivity contribution in [1.82, 2.24) is 10.6 Å². The van der Waals surface area contributed by atoms with E-state index in [1.807, 2.05) is 0 Å². The number of aliphatic hydroxyl groups is 2. The first-order valence-electron chi connectivity index (χ1n) is 33.8. The largest absolute Gasteiger partial charge is 0.494 e. The molecule has 8 saturated heterocycles. The average Bonchev–Trinajstić information content (AvgIpc) is 1.65. The zero-order chi connectivity index (χ0) is 74.3. The molecule has 0 aliphatic carbocycles. The number of ether oxygens (including phenoxy) is 22. The van der Waals surface area contributed by atoms with Crippen LogP contribution in [-0.4, -0.2) is 252 Å². The number of aliphatic hydroxyl groups excluding tert-OH is 2. The maximum atomic E-state index is 15.1. The van der Waals surface area contributed by atoms with Gasteiger partial charge in [-0.1, -0.05) is 0 Å². The molecule has 0 aromatic heterocycles. The van der Waals surface area contributed by atoms with Crippen molar-refractivity contribution in [2.24, 2.45) is 20.5 Å². The number of hydrogen-bond acceptors (Lipinski definition) is 32. The van der Waals surface area contributed by atoms with Gasteiger partial charge in [-0.2, -0.15) is 15.3 Å². The molecule has 0 bridgehead atoms. The molecule has 35 nitrogen and oxygen atoms in total. The first-order valence-corrected chi connectivity index (χ1v) is 33.8. The van der Waals surface area contributed by atoms with Crippen molar-refractivity contribution >= 4 is 40.3 Å². The van der Waals surface area contributed by atoms with Gasteiger partial charge in [0.1, 0.15) is 115 Å². The molecule has 103 heavy (non-hydrogen) atoms. The van der Waals surface area contributed by atoms with Gasteiger partial charge in [0.25, 0.3) is 23.6 Å². The molecule has 8 fully saturated rings. The van der Waals surface area contributed by atoms with Gasteiger partial charge in [0.2, 0.25) is 0 Å². The van der Waals surface area contributed by atoms with Crippen molar-refractivity contribution in [1.29, 1.82) is 0 Å². The number of non-ortho nitro benzene ring substituents is 1. The van der Waals surface area contributed by atoms with Crippen molar-refractivity contribution in [3.05, 3.63) is 76.8 Å². The second kappa shape index (κ2) is 31.4. The molecule has 11 rings (SSSR count). The van der Waals surface area contributed by atoms with Crippen LogP contribution >= 0.6 is 0 Å². The van der Waals surface area contributed by atoms with Crippen LogP contribution in [0, 0.1) is 10.1 Å². The number of hydrogen-bond donors (Lipinski definition) is 4. The Kier molecular flexibility index (Phi) is 23.8. The molecule has 0 spiro atoms. The smallest absolute Gasteiger partial charge is 0.271 e. The Morgan fingerprint density at radius 2 is 0.903 bits per heavy atom. The lowest BCUT2D eigenvalue weighted by molar-refractivity contribution is -0.384. The third-order valence-corrected chi connectivity index (χ3v) is 18.0. The molecule has 3 aromatic rings. The highest BCUT2D eigenvalue weighted by Crippen LogP contribution is 2.45. The minimum absolute atomic E-state index is 0.0291. The lowest BCUT2D eigenvalue weighted by atomic mass is 9.97. The number of nitrogens with one attached hydrogen (secondary N) is 2. The third kappa shape index (κ3) is 18.3. The summed E-state index contributed by atoms with van der Waals surface area (Å²) in [6, 6.07) is 16.4. The highest BCUT2D eigenvalue weighted by atomic mass is 16.8. The molecule has 18 atom stereocenters. The van der Waals surface area contributed by atoms with E-state index in [4.69, 9.17) is 104 Å². The molecule has 2 amide bonds. The second-order valence-electron chi connectivity index (χ2n) is 28.5. The number of fused-ring (bicyclic) bond motifs is 2. The summed E-state index contributed by atoms with van der Waals surface area (Å²) in [5.41, 5.74) is 1.33. The molecular formula is C68H95N7O28. The summed E-state index contributed by atoms with van der Waals surface area (Å²) >= 11 is 0. The Balaban J connectivity index is 0.856. The standard InChI is InChI=1S/C68H95N7O28/c1-63(2)87-31-42(94-63)46(52-54(61(83-14)84-15)102-67(9,10)100-52)92-59-44(76)50-48(96-65(5,6)98-50)40(90-59)29-69-57(78)56(89-37-25-20-34(21-26-37)72-74-38-27-22-35(28-39(38)82-13)73-71-33-18-23-36(24-19-33)75(80)81)58(79)70-30-41-49-51(99-66(7,8)97-49)45(77)60(91-41)93-47(43-32-88-64(3,4)95-43)53-55(62(85-16)86-17)103-68(11,12)101-53/h18-28,40-56,59-62,76-77H,29-32H2,1-17H3,(H,69,78)(H,70,79)/t40-,41-,42-,43-,44-,45-,46-,47-,48+,49+,50-,51-,52+,53+,54-,55-,59+,60+/m1/s1. The van der Waals surface area contributed by atoms with Gasteiger partial charge in [0.15, 0.2) is 59.9 Å². The maximum Gasteiger partial charge on any atom is 0.271 e. The highest BCUT2D eigenvalue weighted by Gasteiger charge is 2.62.